The Kier molecular flexibility index (Phi) is 4.49. The third-order valence-corrected chi connectivity index (χ3v) is 2.78. The number of benzene rings is 1. The summed E-state index contributed by atoms with van der Waals surface area (Å²) in [4.78, 5) is 3.99. The van der Waals surface area contributed by atoms with Gasteiger partial charge in [0.1, 0.15) is 6.07 Å². The molecule has 2 rings (SSSR count). The molecule has 0 radical (unpaired) electrons. The van der Waals surface area contributed by atoms with Gasteiger partial charge in [-0.25, -0.2) is 0 Å². The van der Waals surface area contributed by atoms with Crippen LogP contribution in [0.2, 0.25) is 0 Å². The summed E-state index contributed by atoms with van der Waals surface area (Å²) in [6.07, 6.45) is 3.48. The van der Waals surface area contributed by atoms with Crippen LogP contribution >= 0.6 is 0 Å². The summed E-state index contributed by atoms with van der Waals surface area (Å²) in [5.41, 5.74) is 3.52. The van der Waals surface area contributed by atoms with E-state index in [2.05, 4.69) is 16.4 Å². The van der Waals surface area contributed by atoms with Crippen molar-refractivity contribution >= 4 is 5.69 Å². The maximum Gasteiger partial charge on any atom is 0.101 e. The molecular formula is C15H15N3O. The zero-order chi connectivity index (χ0) is 13.5. The van der Waals surface area contributed by atoms with Crippen molar-refractivity contribution in [1.82, 2.24) is 4.98 Å². The van der Waals surface area contributed by atoms with Crippen LogP contribution in [-0.2, 0) is 4.74 Å². The van der Waals surface area contributed by atoms with Gasteiger partial charge in [-0.15, -0.1) is 0 Å². The molecule has 0 saturated carbocycles. The molecule has 0 aliphatic heterocycles. The summed E-state index contributed by atoms with van der Waals surface area (Å²) in [7, 11) is 1.65. The molecule has 4 heteroatoms. The minimum absolute atomic E-state index is 0.608. The predicted octanol–water partition coefficient (Wildman–Crippen LogP) is 2.68. The number of aromatic nitrogens is 1. The SMILES string of the molecule is COCCNc1ccc(-c2ccncc2)cc1C#N. The van der Waals surface area contributed by atoms with E-state index < -0.39 is 0 Å². The Bertz CT molecular complexity index is 576. The smallest absolute Gasteiger partial charge is 0.101 e. The van der Waals surface area contributed by atoms with Gasteiger partial charge < -0.3 is 10.1 Å². The number of nitrogens with zero attached hydrogens (tertiary/aromatic N) is 2. The molecule has 0 saturated heterocycles. The Morgan fingerprint density at radius 2 is 2.00 bits per heavy atom. The van der Waals surface area contributed by atoms with E-state index in [4.69, 9.17) is 4.74 Å². The van der Waals surface area contributed by atoms with Crippen LogP contribution in [-0.4, -0.2) is 25.2 Å². The van der Waals surface area contributed by atoms with Gasteiger partial charge in [0.2, 0.25) is 0 Å². The number of nitriles is 1. The molecule has 1 heterocycles. The maximum atomic E-state index is 9.21. The van der Waals surface area contributed by atoms with Gasteiger partial charge >= 0.3 is 0 Å². The molecule has 0 bridgehead atoms. The maximum absolute atomic E-state index is 9.21. The van der Waals surface area contributed by atoms with Gasteiger partial charge in [0.05, 0.1) is 17.9 Å². The first-order valence-electron chi connectivity index (χ1n) is 6.02. The van der Waals surface area contributed by atoms with Crippen molar-refractivity contribution in [2.75, 3.05) is 25.6 Å². The number of anilines is 1. The lowest BCUT2D eigenvalue weighted by atomic mass is 10.0. The van der Waals surface area contributed by atoms with Crippen LogP contribution in [0.3, 0.4) is 0 Å². The van der Waals surface area contributed by atoms with Crippen molar-refractivity contribution in [3.05, 3.63) is 48.3 Å². The van der Waals surface area contributed by atoms with Gasteiger partial charge in [0.15, 0.2) is 0 Å². The van der Waals surface area contributed by atoms with E-state index in [1.807, 2.05) is 30.3 Å². The number of ether oxygens (including phenoxy) is 1. The fraction of sp³-hybridized carbons (Fsp3) is 0.200. The average molecular weight is 253 g/mol. The fourth-order valence-electron chi connectivity index (χ4n) is 1.80. The molecule has 4 nitrogen and oxygen atoms in total. The Morgan fingerprint density at radius 1 is 1.21 bits per heavy atom. The van der Waals surface area contributed by atoms with E-state index in [9.17, 15) is 5.26 Å². The predicted molar refractivity (Wildman–Crippen MR) is 74.8 cm³/mol. The van der Waals surface area contributed by atoms with E-state index in [1.54, 1.807) is 19.5 Å². The summed E-state index contributed by atoms with van der Waals surface area (Å²) >= 11 is 0. The van der Waals surface area contributed by atoms with E-state index in [0.29, 0.717) is 18.7 Å². The molecular weight excluding hydrogens is 238 g/mol. The van der Waals surface area contributed by atoms with Crippen LogP contribution in [0, 0.1) is 11.3 Å². The molecule has 0 aliphatic rings. The number of methoxy groups -OCH3 is 1. The highest BCUT2D eigenvalue weighted by molar-refractivity contribution is 5.70. The van der Waals surface area contributed by atoms with Crippen molar-refractivity contribution in [3.8, 4) is 17.2 Å². The van der Waals surface area contributed by atoms with Crippen molar-refractivity contribution in [1.29, 1.82) is 5.26 Å². The van der Waals surface area contributed by atoms with Crippen molar-refractivity contribution in [2.45, 2.75) is 0 Å². The van der Waals surface area contributed by atoms with Crippen LogP contribution in [0.15, 0.2) is 42.7 Å². The minimum Gasteiger partial charge on any atom is -0.383 e. The fourth-order valence-corrected chi connectivity index (χ4v) is 1.80. The Hall–Kier alpha value is -2.38. The van der Waals surface area contributed by atoms with Gasteiger partial charge in [0.25, 0.3) is 0 Å². The van der Waals surface area contributed by atoms with Gasteiger partial charge in [-0.1, -0.05) is 6.07 Å². The highest BCUT2D eigenvalue weighted by Crippen LogP contribution is 2.24. The molecule has 1 N–H and O–H groups in total. The largest absolute Gasteiger partial charge is 0.383 e. The van der Waals surface area contributed by atoms with Crippen molar-refractivity contribution in [3.63, 3.8) is 0 Å². The van der Waals surface area contributed by atoms with Gasteiger partial charge in [0, 0.05) is 26.0 Å². The number of hydrogen-bond acceptors (Lipinski definition) is 4. The van der Waals surface area contributed by atoms with Crippen molar-refractivity contribution in [2.24, 2.45) is 0 Å². The second kappa shape index (κ2) is 6.53. The Morgan fingerprint density at radius 3 is 2.68 bits per heavy atom. The first-order chi connectivity index (χ1) is 9.35. The molecule has 1 aromatic heterocycles. The van der Waals surface area contributed by atoms with E-state index in [0.717, 1.165) is 16.8 Å². The first kappa shape index (κ1) is 13.1. The van der Waals surface area contributed by atoms with E-state index in [-0.39, 0.29) is 0 Å². The van der Waals surface area contributed by atoms with Gasteiger partial charge in [-0.3, -0.25) is 4.98 Å². The Labute approximate surface area is 112 Å². The Balaban J connectivity index is 2.24. The molecule has 19 heavy (non-hydrogen) atoms. The molecule has 0 unspecified atom stereocenters. The molecule has 1 aromatic carbocycles. The highest BCUT2D eigenvalue weighted by Gasteiger charge is 2.04. The monoisotopic (exact) mass is 253 g/mol. The summed E-state index contributed by atoms with van der Waals surface area (Å²) in [6, 6.07) is 11.9. The van der Waals surface area contributed by atoms with Crippen LogP contribution in [0.5, 0.6) is 0 Å². The highest BCUT2D eigenvalue weighted by atomic mass is 16.5. The summed E-state index contributed by atoms with van der Waals surface area (Å²) in [6.45, 7) is 1.29. The van der Waals surface area contributed by atoms with Gasteiger partial charge in [-0.05, 0) is 35.4 Å². The molecule has 0 amide bonds. The zero-order valence-corrected chi connectivity index (χ0v) is 10.8. The van der Waals surface area contributed by atoms with E-state index in [1.165, 1.54) is 0 Å². The summed E-state index contributed by atoms with van der Waals surface area (Å²) in [5, 5.41) is 12.4. The molecule has 96 valence electrons. The topological polar surface area (TPSA) is 57.9 Å². The summed E-state index contributed by atoms with van der Waals surface area (Å²) < 4.78 is 4.98. The third-order valence-electron chi connectivity index (χ3n) is 2.78. The third kappa shape index (κ3) is 3.30. The van der Waals surface area contributed by atoms with Crippen LogP contribution in [0.4, 0.5) is 5.69 Å². The number of rotatable bonds is 5. The number of nitrogens with one attached hydrogen (secondary N) is 1. The number of pyridine rings is 1. The molecule has 2 aromatic rings. The van der Waals surface area contributed by atoms with Crippen LogP contribution < -0.4 is 5.32 Å². The van der Waals surface area contributed by atoms with Crippen molar-refractivity contribution < 1.29 is 4.74 Å². The lowest BCUT2D eigenvalue weighted by Crippen LogP contribution is -2.08. The quantitative estimate of drug-likeness (QED) is 0.832. The summed E-state index contributed by atoms with van der Waals surface area (Å²) in [5.74, 6) is 0. The average Bonchev–Trinajstić information content (AvgIpc) is 2.48. The number of hydrogen-bond donors (Lipinski definition) is 1. The standard InChI is InChI=1S/C15H15N3O/c1-19-9-8-18-15-3-2-13(10-14(15)11-16)12-4-6-17-7-5-12/h2-7,10,18H,8-9H2,1H3. The molecule has 0 atom stereocenters. The minimum atomic E-state index is 0.608. The second-order valence-corrected chi connectivity index (χ2v) is 4.03. The van der Waals surface area contributed by atoms with Crippen LogP contribution in [0.1, 0.15) is 5.56 Å². The lowest BCUT2D eigenvalue weighted by molar-refractivity contribution is 0.211. The molecule has 0 aliphatic carbocycles. The normalized spacial score (nSPS) is 9.89. The zero-order valence-electron chi connectivity index (χ0n) is 10.8. The first-order valence-corrected chi connectivity index (χ1v) is 6.02. The van der Waals surface area contributed by atoms with Crippen LogP contribution in [0.25, 0.3) is 11.1 Å². The van der Waals surface area contributed by atoms with E-state index >= 15 is 0 Å². The van der Waals surface area contributed by atoms with Gasteiger partial charge in [-0.2, -0.15) is 5.26 Å². The second-order valence-electron chi connectivity index (χ2n) is 4.03. The molecule has 0 spiro atoms. The molecule has 0 fully saturated rings. The lowest BCUT2D eigenvalue weighted by Gasteiger charge is -2.09.